The first-order valence-corrected chi connectivity index (χ1v) is 0.928. The summed E-state index contributed by atoms with van der Waals surface area (Å²) in [7, 11) is 0. The summed E-state index contributed by atoms with van der Waals surface area (Å²) in [6, 6.07) is 0. The van der Waals surface area contributed by atoms with E-state index in [1.54, 1.807) is 0 Å². The largest absolute Gasteiger partial charge is 0.316 e. The monoisotopic (exact) mass is 94.0 g/mol. The second-order valence-electron chi connectivity index (χ2n) is 0.519. The molecule has 0 saturated heterocycles. The number of hydrogen-bond acceptors (Lipinski definition) is 1. The van der Waals surface area contributed by atoms with Gasteiger partial charge in [-0.2, -0.15) is 0 Å². The van der Waals surface area contributed by atoms with Gasteiger partial charge in [-0.05, 0) is 0 Å². The Morgan fingerprint density at radius 2 is 1.67 bits per heavy atom. The normalized spacial score (nSPS) is 4.17. The van der Waals surface area contributed by atoms with E-state index in [1.165, 1.54) is 0 Å². The van der Waals surface area contributed by atoms with E-state index in [-0.39, 0.29) is 41.9 Å². The number of rotatable bonds is 0. The van der Waals surface area contributed by atoms with Crippen LogP contribution in [0.1, 0.15) is 6.92 Å². The molecule has 0 radical (unpaired) electrons. The maximum Gasteiger partial charge on any atom is 0.316 e. The first-order chi connectivity index (χ1) is 1.73. The molecule has 0 atom stereocenters. The van der Waals surface area contributed by atoms with Crippen molar-refractivity contribution in [2.75, 3.05) is 0 Å². The Morgan fingerprint density at radius 3 is 1.67 bits per heavy atom. The van der Waals surface area contributed by atoms with E-state index >= 15 is 0 Å². The van der Waals surface area contributed by atoms with Gasteiger partial charge in [-0.3, -0.25) is 4.79 Å². The molecular formula is C2H7LiMgO2. The molecule has 0 aromatic carbocycles. The van der Waals surface area contributed by atoms with Crippen LogP contribution in [0.15, 0.2) is 0 Å². The second-order valence-corrected chi connectivity index (χ2v) is 0.519. The second kappa shape index (κ2) is 9.27. The fourth-order valence-electron chi connectivity index (χ4n) is 0. The zero-order valence-electron chi connectivity index (χ0n) is 2.36. The fourth-order valence-corrected chi connectivity index (χ4v) is 0. The summed E-state index contributed by atoms with van der Waals surface area (Å²) in [5.41, 5.74) is 0. The molecule has 30 valence electrons. The average molecular weight is 94.3 g/mol. The molecule has 0 aliphatic rings. The van der Waals surface area contributed by atoms with Crippen LogP contribution in [0, 0.1) is 0 Å². The van der Waals surface area contributed by atoms with E-state index in [1.807, 2.05) is 0 Å². The Morgan fingerprint density at radius 1 is 1.67 bits per heavy atom. The summed E-state index contributed by atoms with van der Waals surface area (Å²) in [6.45, 7) is 1.08. The van der Waals surface area contributed by atoms with Crippen molar-refractivity contribution in [3.05, 3.63) is 0 Å². The molecule has 0 rings (SSSR count). The maximum absolute atomic E-state index is 9.00. The van der Waals surface area contributed by atoms with Gasteiger partial charge in [0.15, 0.2) is 0 Å². The topological polar surface area (TPSA) is 37.3 Å². The Bertz CT molecular complexity index is 34.5. The van der Waals surface area contributed by atoms with Crippen LogP contribution in [-0.4, -0.2) is 53.0 Å². The number of aliphatic carboxylic acids is 1. The summed E-state index contributed by atoms with van der Waals surface area (Å²) in [6.07, 6.45) is 0. The van der Waals surface area contributed by atoms with Gasteiger partial charge in [0.2, 0.25) is 0 Å². The van der Waals surface area contributed by atoms with E-state index in [4.69, 9.17) is 9.90 Å². The van der Waals surface area contributed by atoms with Crippen LogP contribution >= 0.6 is 0 Å². The number of carboxylic acid groups (broad SMARTS) is 1. The Balaban J connectivity index is -0.0000000450. The third kappa shape index (κ3) is 102. The molecule has 0 aromatic heterocycles. The van der Waals surface area contributed by atoms with Gasteiger partial charge >= 0.3 is 41.9 Å². The molecule has 0 saturated carbocycles. The molecule has 0 unspecified atom stereocenters. The summed E-state index contributed by atoms with van der Waals surface area (Å²) >= 11 is 0. The van der Waals surface area contributed by atoms with Crippen molar-refractivity contribution in [3.63, 3.8) is 0 Å². The van der Waals surface area contributed by atoms with Crippen LogP contribution in [0.2, 0.25) is 0 Å². The van der Waals surface area contributed by atoms with E-state index in [0.717, 1.165) is 6.92 Å². The van der Waals surface area contributed by atoms with Gasteiger partial charge in [0.05, 0.1) is 0 Å². The molecule has 0 aliphatic carbocycles. The predicted molar refractivity (Wildman–Crippen MR) is 29.0 cm³/mol. The average Bonchev–Trinajstić information content (AvgIpc) is 0.811. The van der Waals surface area contributed by atoms with Crippen molar-refractivity contribution in [2.24, 2.45) is 0 Å². The van der Waals surface area contributed by atoms with Gasteiger partial charge in [0.1, 0.15) is 0 Å². The molecule has 0 amide bonds. The molecule has 6 heavy (non-hydrogen) atoms. The molecule has 0 spiro atoms. The summed E-state index contributed by atoms with van der Waals surface area (Å²) in [4.78, 5) is 9.00. The van der Waals surface area contributed by atoms with Crippen LogP contribution in [-0.2, 0) is 4.79 Å². The summed E-state index contributed by atoms with van der Waals surface area (Å²) in [5, 5.41) is 7.42. The van der Waals surface area contributed by atoms with Crippen molar-refractivity contribution in [1.29, 1.82) is 0 Å². The first-order valence-electron chi connectivity index (χ1n) is 0.928. The van der Waals surface area contributed by atoms with Gasteiger partial charge < -0.3 is 5.11 Å². The van der Waals surface area contributed by atoms with Gasteiger partial charge in [-0.1, -0.05) is 0 Å². The van der Waals surface area contributed by atoms with E-state index in [2.05, 4.69) is 0 Å². The van der Waals surface area contributed by atoms with E-state index in [9.17, 15) is 0 Å². The Hall–Kier alpha value is 0.834. The van der Waals surface area contributed by atoms with Crippen LogP contribution in [0.25, 0.3) is 0 Å². The minimum absolute atomic E-state index is 0. The van der Waals surface area contributed by atoms with Crippen LogP contribution in [0.5, 0.6) is 0 Å². The smallest absolute Gasteiger partial charge is 0.316 e. The van der Waals surface area contributed by atoms with E-state index in [0.29, 0.717) is 0 Å². The molecule has 4 heteroatoms. The van der Waals surface area contributed by atoms with Gasteiger partial charge in [0.25, 0.3) is 5.97 Å². The van der Waals surface area contributed by atoms with Gasteiger partial charge in [0, 0.05) is 6.92 Å². The zero-order chi connectivity index (χ0) is 3.58. The molecule has 0 fully saturated rings. The molecule has 1 N–H and O–H groups in total. The Labute approximate surface area is 64.6 Å². The number of carbonyl (C=O) groups is 1. The van der Waals surface area contributed by atoms with Crippen molar-refractivity contribution >= 4 is 47.9 Å². The zero-order valence-corrected chi connectivity index (χ0v) is 2.36. The Kier molecular flexibility index (Phi) is 24.5. The van der Waals surface area contributed by atoms with Crippen LogP contribution in [0.3, 0.4) is 0 Å². The van der Waals surface area contributed by atoms with E-state index < -0.39 is 5.97 Å². The molecule has 0 bridgehead atoms. The van der Waals surface area contributed by atoms with Gasteiger partial charge in [-0.15, -0.1) is 0 Å². The summed E-state index contributed by atoms with van der Waals surface area (Å²) < 4.78 is 0. The third-order valence-corrected chi connectivity index (χ3v) is 0. The van der Waals surface area contributed by atoms with Crippen molar-refractivity contribution < 1.29 is 9.90 Å². The van der Waals surface area contributed by atoms with Crippen molar-refractivity contribution in [1.82, 2.24) is 0 Å². The fraction of sp³-hybridized carbons (Fsp3) is 0.500. The number of hydrogen-bond donors (Lipinski definition) is 1. The first kappa shape index (κ1) is 15.8. The number of carboxylic acids is 1. The standard InChI is InChI=1S/C2H4O2.Li.Mg.3H/c1-2(3)4;;;;;/h1H3,(H,3,4);;;;;. The third-order valence-electron chi connectivity index (χ3n) is 0. The quantitative estimate of drug-likeness (QED) is 0.372. The SMILES string of the molecule is CC(=O)O.[LiH].[MgH2]. The minimum Gasteiger partial charge on any atom is 0.316 e. The molecule has 2 nitrogen and oxygen atoms in total. The predicted octanol–water partition coefficient (Wildman–Crippen LogP) is -1.47. The molecule has 0 aliphatic heterocycles. The van der Waals surface area contributed by atoms with Gasteiger partial charge in [-0.25, -0.2) is 0 Å². The molecule has 0 aromatic rings. The maximum atomic E-state index is 9.00. The van der Waals surface area contributed by atoms with Crippen LogP contribution in [0.4, 0.5) is 0 Å². The molecule has 0 heterocycles. The molecular weight excluding hydrogens is 87.3 g/mol. The summed E-state index contributed by atoms with van der Waals surface area (Å²) in [5.74, 6) is -0.833. The van der Waals surface area contributed by atoms with Crippen molar-refractivity contribution in [3.8, 4) is 0 Å². The minimum atomic E-state index is -0.833. The van der Waals surface area contributed by atoms with Crippen molar-refractivity contribution in [2.45, 2.75) is 6.92 Å². The van der Waals surface area contributed by atoms with Crippen LogP contribution < -0.4 is 0 Å².